The van der Waals surface area contributed by atoms with Crippen LogP contribution in [0, 0.1) is 0 Å². The predicted octanol–water partition coefficient (Wildman–Crippen LogP) is 4.89. The van der Waals surface area contributed by atoms with E-state index in [-0.39, 0.29) is 4.90 Å². The van der Waals surface area contributed by atoms with Crippen LogP contribution in [0.25, 0.3) is 16.6 Å². The van der Waals surface area contributed by atoms with Gasteiger partial charge in [-0.05, 0) is 35.9 Å². The lowest BCUT2D eigenvalue weighted by atomic mass is 10.1. The molecular formula is C23H17N3O2S2. The van der Waals surface area contributed by atoms with Crippen LogP contribution in [0.5, 0.6) is 0 Å². The second-order valence-corrected chi connectivity index (χ2v) is 9.73. The molecule has 0 bridgehead atoms. The average Bonchev–Trinajstić information content (AvgIpc) is 3.43. The highest BCUT2D eigenvalue weighted by molar-refractivity contribution is 7.99. The Morgan fingerprint density at radius 2 is 1.67 bits per heavy atom. The van der Waals surface area contributed by atoms with Gasteiger partial charge in [0.05, 0.1) is 11.4 Å². The highest BCUT2D eigenvalue weighted by atomic mass is 32.2. The van der Waals surface area contributed by atoms with E-state index in [2.05, 4.69) is 9.98 Å². The van der Waals surface area contributed by atoms with Crippen LogP contribution >= 0.6 is 11.8 Å². The van der Waals surface area contributed by atoms with E-state index >= 15 is 0 Å². The van der Waals surface area contributed by atoms with E-state index in [1.165, 1.54) is 3.97 Å². The molecule has 0 atom stereocenters. The molecule has 2 aromatic carbocycles. The molecule has 0 radical (unpaired) electrons. The van der Waals surface area contributed by atoms with Gasteiger partial charge in [0.25, 0.3) is 10.0 Å². The number of nitrogens with zero attached hydrogens (tertiary/aromatic N) is 3. The Morgan fingerprint density at radius 3 is 2.37 bits per heavy atom. The maximum atomic E-state index is 13.3. The fourth-order valence-corrected chi connectivity index (χ4v) is 5.59. The molecule has 1 aliphatic rings. The first-order valence-corrected chi connectivity index (χ1v) is 11.6. The highest BCUT2D eigenvalue weighted by Gasteiger charge is 2.23. The molecule has 0 N–H and O–H groups in total. The first-order chi connectivity index (χ1) is 14.6. The summed E-state index contributed by atoms with van der Waals surface area (Å²) >= 11 is 1.59. The van der Waals surface area contributed by atoms with Crippen molar-refractivity contribution in [1.29, 1.82) is 0 Å². The minimum Gasteiger partial charge on any atom is -0.288 e. The van der Waals surface area contributed by atoms with Crippen molar-refractivity contribution >= 4 is 44.6 Å². The summed E-state index contributed by atoms with van der Waals surface area (Å²) in [7, 11) is -3.77. The fraction of sp³-hybridized carbons (Fsp3) is 0.0435. The first kappa shape index (κ1) is 18.8. The SMILES string of the molecule is O=S(=O)(c1ccccc1)n1cc(C2=CCN=C2)c2cc(Sc3ccccc3)cnc21. The topological polar surface area (TPSA) is 64.3 Å². The maximum Gasteiger partial charge on any atom is 0.269 e. The summed E-state index contributed by atoms with van der Waals surface area (Å²) in [6.45, 7) is 0.597. The van der Waals surface area contributed by atoms with Gasteiger partial charge in [-0.15, -0.1) is 0 Å². The molecule has 0 saturated heterocycles. The molecule has 5 rings (SSSR count). The Morgan fingerprint density at radius 1 is 0.933 bits per heavy atom. The molecule has 4 aromatic rings. The van der Waals surface area contributed by atoms with Crippen molar-refractivity contribution in [2.75, 3.05) is 6.54 Å². The highest BCUT2D eigenvalue weighted by Crippen LogP contribution is 2.34. The molecule has 3 heterocycles. The number of hydrogen-bond acceptors (Lipinski definition) is 5. The Hall–Kier alpha value is -3.16. The van der Waals surface area contributed by atoms with Gasteiger partial charge in [0, 0.05) is 39.3 Å². The molecular weight excluding hydrogens is 414 g/mol. The Labute approximate surface area is 178 Å². The molecule has 0 amide bonds. The standard InChI is InChI=1S/C23H17N3O2S2/c27-30(28,20-9-5-2-6-10-20)26-16-22(17-11-12-24-14-17)21-13-19(15-25-23(21)26)29-18-7-3-1-4-8-18/h1-11,13-16H,12H2. The molecule has 0 spiro atoms. The van der Waals surface area contributed by atoms with Gasteiger partial charge in [-0.1, -0.05) is 54.2 Å². The van der Waals surface area contributed by atoms with Gasteiger partial charge in [0.15, 0.2) is 5.65 Å². The van der Waals surface area contributed by atoms with Crippen molar-refractivity contribution in [2.45, 2.75) is 14.7 Å². The van der Waals surface area contributed by atoms with Crippen molar-refractivity contribution in [3.05, 3.63) is 90.8 Å². The molecule has 2 aromatic heterocycles. The van der Waals surface area contributed by atoms with Crippen LogP contribution in [0.15, 0.2) is 105 Å². The van der Waals surface area contributed by atoms with E-state index < -0.39 is 10.0 Å². The number of rotatable bonds is 5. The number of hydrogen-bond donors (Lipinski definition) is 0. The number of pyridine rings is 1. The van der Waals surface area contributed by atoms with Crippen molar-refractivity contribution in [3.8, 4) is 0 Å². The van der Waals surface area contributed by atoms with Gasteiger partial charge in [0.1, 0.15) is 0 Å². The molecule has 0 unspecified atom stereocenters. The summed E-state index contributed by atoms with van der Waals surface area (Å²) < 4.78 is 27.9. The molecule has 5 nitrogen and oxygen atoms in total. The summed E-state index contributed by atoms with van der Waals surface area (Å²) in [5.74, 6) is 0. The quantitative estimate of drug-likeness (QED) is 0.451. The van der Waals surface area contributed by atoms with Gasteiger partial charge in [-0.3, -0.25) is 4.99 Å². The van der Waals surface area contributed by atoms with Crippen LogP contribution in [-0.2, 0) is 10.0 Å². The number of fused-ring (bicyclic) bond motifs is 1. The maximum absolute atomic E-state index is 13.3. The number of aliphatic imine (C=N–C) groups is 1. The van der Waals surface area contributed by atoms with Gasteiger partial charge in [-0.2, -0.15) is 0 Å². The van der Waals surface area contributed by atoms with Gasteiger partial charge in [-0.25, -0.2) is 17.4 Å². The zero-order valence-electron chi connectivity index (χ0n) is 15.8. The lowest BCUT2D eigenvalue weighted by molar-refractivity contribution is 0.588. The third kappa shape index (κ3) is 3.36. The third-order valence-corrected chi connectivity index (χ3v) is 7.45. The summed E-state index contributed by atoms with van der Waals surface area (Å²) in [6, 6.07) is 20.4. The predicted molar refractivity (Wildman–Crippen MR) is 121 cm³/mol. The second kappa shape index (κ2) is 7.59. The largest absolute Gasteiger partial charge is 0.288 e. The van der Waals surface area contributed by atoms with E-state index in [0.29, 0.717) is 12.2 Å². The van der Waals surface area contributed by atoms with Gasteiger partial charge in [0.2, 0.25) is 0 Å². The first-order valence-electron chi connectivity index (χ1n) is 9.38. The van der Waals surface area contributed by atoms with E-state index in [9.17, 15) is 8.42 Å². The van der Waals surface area contributed by atoms with Crippen LogP contribution < -0.4 is 0 Å². The summed E-state index contributed by atoms with van der Waals surface area (Å²) in [6.07, 6.45) is 7.15. The van der Waals surface area contributed by atoms with Crippen molar-refractivity contribution in [1.82, 2.24) is 8.96 Å². The normalized spacial score (nSPS) is 13.7. The smallest absolute Gasteiger partial charge is 0.269 e. The van der Waals surface area contributed by atoms with Crippen LogP contribution in [0.4, 0.5) is 0 Å². The minimum absolute atomic E-state index is 0.229. The van der Waals surface area contributed by atoms with Crippen molar-refractivity contribution in [2.24, 2.45) is 4.99 Å². The molecule has 0 saturated carbocycles. The van der Waals surface area contributed by atoms with Crippen LogP contribution in [0.1, 0.15) is 5.56 Å². The Kier molecular flexibility index (Phi) is 4.77. The second-order valence-electron chi connectivity index (χ2n) is 6.77. The molecule has 148 valence electrons. The Balaban J connectivity index is 1.68. The lowest BCUT2D eigenvalue weighted by Crippen LogP contribution is -2.12. The summed E-state index contributed by atoms with van der Waals surface area (Å²) in [5, 5.41) is 0.787. The Bertz CT molecular complexity index is 1390. The monoisotopic (exact) mass is 431 g/mol. The molecule has 7 heteroatoms. The third-order valence-electron chi connectivity index (χ3n) is 4.82. The lowest BCUT2D eigenvalue weighted by Gasteiger charge is -2.07. The summed E-state index contributed by atoms with van der Waals surface area (Å²) in [5.41, 5.74) is 2.13. The van der Waals surface area contributed by atoms with E-state index in [1.54, 1.807) is 60.7 Å². The molecule has 0 aliphatic carbocycles. The van der Waals surface area contributed by atoms with E-state index in [0.717, 1.165) is 26.3 Å². The van der Waals surface area contributed by atoms with Crippen LogP contribution in [-0.4, -0.2) is 30.1 Å². The zero-order valence-corrected chi connectivity index (χ0v) is 17.5. The number of aromatic nitrogens is 2. The fourth-order valence-electron chi connectivity index (χ4n) is 3.39. The average molecular weight is 432 g/mol. The van der Waals surface area contributed by atoms with Gasteiger partial charge < -0.3 is 0 Å². The summed E-state index contributed by atoms with van der Waals surface area (Å²) in [4.78, 5) is 11.1. The van der Waals surface area contributed by atoms with E-state index in [1.807, 2.05) is 42.5 Å². The molecule has 30 heavy (non-hydrogen) atoms. The number of benzene rings is 2. The van der Waals surface area contributed by atoms with Crippen molar-refractivity contribution in [3.63, 3.8) is 0 Å². The number of allylic oxidation sites excluding steroid dienone is 1. The zero-order chi connectivity index (χ0) is 20.6. The van der Waals surface area contributed by atoms with Crippen LogP contribution in [0.3, 0.4) is 0 Å². The van der Waals surface area contributed by atoms with Gasteiger partial charge >= 0.3 is 0 Å². The van der Waals surface area contributed by atoms with Crippen molar-refractivity contribution < 1.29 is 8.42 Å². The van der Waals surface area contributed by atoms with E-state index in [4.69, 9.17) is 0 Å². The minimum atomic E-state index is -3.77. The molecule has 0 fully saturated rings. The molecule has 1 aliphatic heterocycles. The van der Waals surface area contributed by atoms with Crippen LogP contribution in [0.2, 0.25) is 0 Å².